The number of rotatable bonds is 4. The molecule has 0 saturated heterocycles. The van der Waals surface area contributed by atoms with Gasteiger partial charge in [-0.1, -0.05) is 19.9 Å². The van der Waals surface area contributed by atoms with E-state index in [1.165, 1.54) is 25.0 Å². The molecule has 3 heteroatoms. The van der Waals surface area contributed by atoms with Crippen LogP contribution < -0.4 is 5.32 Å². The summed E-state index contributed by atoms with van der Waals surface area (Å²) in [5.41, 5.74) is 0.541. The molecule has 1 saturated carbocycles. The topological polar surface area (TPSA) is 12.0 Å². The zero-order valence-corrected chi connectivity index (χ0v) is 10.3. The second-order valence-corrected chi connectivity index (χ2v) is 5.29. The molecule has 17 heavy (non-hydrogen) atoms. The molecule has 0 aliphatic heterocycles. The molecule has 1 aliphatic carbocycles. The molecular weight excluding hydrogens is 220 g/mol. The highest BCUT2D eigenvalue weighted by Gasteiger charge is 2.30. The normalized spacial score (nSPS) is 23.8. The van der Waals surface area contributed by atoms with Gasteiger partial charge in [-0.2, -0.15) is 0 Å². The molecule has 2 rings (SSSR count). The fourth-order valence-electron chi connectivity index (χ4n) is 2.29. The monoisotopic (exact) mass is 239 g/mol. The molecule has 1 aromatic carbocycles. The number of nitrogens with one attached hydrogen (secondary N) is 1. The molecule has 1 aliphatic rings. The molecule has 0 radical (unpaired) electrons. The summed E-state index contributed by atoms with van der Waals surface area (Å²) in [6.45, 7) is 4.96. The summed E-state index contributed by atoms with van der Waals surface area (Å²) in [5.74, 6) is 0.549. The van der Waals surface area contributed by atoms with Crippen LogP contribution in [0.25, 0.3) is 0 Å². The standard InChI is InChI=1S/C14H19F2N/c1-9(2)11-5-13(6-11)17-8-10-3-4-12(15)7-14(10)16/h3-4,7,9,11,13,17H,5-6,8H2,1-2H3. The van der Waals surface area contributed by atoms with Crippen molar-refractivity contribution in [3.8, 4) is 0 Å². The number of benzene rings is 1. The van der Waals surface area contributed by atoms with Gasteiger partial charge in [0.1, 0.15) is 11.6 Å². The van der Waals surface area contributed by atoms with E-state index in [1.807, 2.05) is 0 Å². The number of hydrogen-bond acceptors (Lipinski definition) is 1. The van der Waals surface area contributed by atoms with Gasteiger partial charge >= 0.3 is 0 Å². The number of hydrogen-bond donors (Lipinski definition) is 1. The first-order valence-electron chi connectivity index (χ1n) is 6.23. The van der Waals surface area contributed by atoms with Crippen LogP contribution in [-0.4, -0.2) is 6.04 Å². The van der Waals surface area contributed by atoms with E-state index in [1.54, 1.807) is 0 Å². The Labute approximate surface area is 101 Å². The lowest BCUT2D eigenvalue weighted by atomic mass is 9.73. The number of halogens is 2. The maximum Gasteiger partial charge on any atom is 0.130 e. The van der Waals surface area contributed by atoms with Gasteiger partial charge in [-0.25, -0.2) is 8.78 Å². The Morgan fingerprint density at radius 2 is 2.00 bits per heavy atom. The van der Waals surface area contributed by atoms with E-state index in [4.69, 9.17) is 0 Å². The van der Waals surface area contributed by atoms with Crippen molar-refractivity contribution in [2.45, 2.75) is 39.3 Å². The molecule has 1 N–H and O–H groups in total. The third-order valence-corrected chi connectivity index (χ3v) is 3.71. The lowest BCUT2D eigenvalue weighted by molar-refractivity contribution is 0.167. The van der Waals surface area contributed by atoms with Crippen LogP contribution in [0.15, 0.2) is 18.2 Å². The SMILES string of the molecule is CC(C)C1CC(NCc2ccc(F)cc2F)C1. The van der Waals surface area contributed by atoms with E-state index in [0.717, 1.165) is 17.9 Å². The van der Waals surface area contributed by atoms with Crippen molar-refractivity contribution < 1.29 is 8.78 Å². The molecule has 0 spiro atoms. The first kappa shape index (κ1) is 12.5. The van der Waals surface area contributed by atoms with E-state index < -0.39 is 11.6 Å². The Morgan fingerprint density at radius 3 is 2.59 bits per heavy atom. The molecule has 0 heterocycles. The summed E-state index contributed by atoms with van der Waals surface area (Å²) in [7, 11) is 0. The van der Waals surface area contributed by atoms with E-state index in [0.29, 0.717) is 18.2 Å². The maximum atomic E-state index is 13.3. The Kier molecular flexibility index (Phi) is 3.77. The van der Waals surface area contributed by atoms with Gasteiger partial charge in [0, 0.05) is 24.2 Å². The quantitative estimate of drug-likeness (QED) is 0.848. The summed E-state index contributed by atoms with van der Waals surface area (Å²) in [6, 6.07) is 4.25. The molecule has 0 unspecified atom stereocenters. The first-order chi connectivity index (χ1) is 8.06. The zero-order chi connectivity index (χ0) is 12.4. The van der Waals surface area contributed by atoms with Crippen molar-refractivity contribution in [3.63, 3.8) is 0 Å². The zero-order valence-electron chi connectivity index (χ0n) is 10.3. The summed E-state index contributed by atoms with van der Waals surface area (Å²) in [4.78, 5) is 0. The predicted octanol–water partition coefficient (Wildman–Crippen LogP) is 3.49. The third kappa shape index (κ3) is 3.03. The minimum atomic E-state index is -0.519. The van der Waals surface area contributed by atoms with Gasteiger partial charge in [-0.15, -0.1) is 0 Å². The van der Waals surface area contributed by atoms with Crippen LogP contribution in [0, 0.1) is 23.5 Å². The highest BCUT2D eigenvalue weighted by Crippen LogP contribution is 2.33. The second kappa shape index (κ2) is 5.13. The molecule has 0 atom stereocenters. The summed E-state index contributed by atoms with van der Waals surface area (Å²) in [5, 5.41) is 3.32. The van der Waals surface area contributed by atoms with Gasteiger partial charge in [0.15, 0.2) is 0 Å². The van der Waals surface area contributed by atoms with Gasteiger partial charge in [0.2, 0.25) is 0 Å². The van der Waals surface area contributed by atoms with E-state index in [9.17, 15) is 8.78 Å². The second-order valence-electron chi connectivity index (χ2n) is 5.29. The van der Waals surface area contributed by atoms with E-state index in [-0.39, 0.29) is 0 Å². The van der Waals surface area contributed by atoms with Gasteiger partial charge in [0.05, 0.1) is 0 Å². The average molecular weight is 239 g/mol. The van der Waals surface area contributed by atoms with Crippen LogP contribution in [0.4, 0.5) is 8.78 Å². The lowest BCUT2D eigenvalue weighted by Crippen LogP contribution is -2.42. The molecule has 0 bridgehead atoms. The summed E-state index contributed by atoms with van der Waals surface area (Å²) < 4.78 is 26.1. The van der Waals surface area contributed by atoms with Crippen LogP contribution in [0.3, 0.4) is 0 Å². The van der Waals surface area contributed by atoms with Crippen LogP contribution in [0.2, 0.25) is 0 Å². The molecule has 1 fully saturated rings. The van der Waals surface area contributed by atoms with Gasteiger partial charge in [0.25, 0.3) is 0 Å². The minimum absolute atomic E-state index is 0.461. The van der Waals surface area contributed by atoms with Crippen LogP contribution in [0.1, 0.15) is 32.3 Å². The third-order valence-electron chi connectivity index (χ3n) is 3.71. The smallest absolute Gasteiger partial charge is 0.130 e. The predicted molar refractivity (Wildman–Crippen MR) is 64.5 cm³/mol. The molecule has 94 valence electrons. The summed E-state index contributed by atoms with van der Waals surface area (Å²) >= 11 is 0. The van der Waals surface area contributed by atoms with Gasteiger partial charge in [-0.05, 0) is 30.7 Å². The van der Waals surface area contributed by atoms with Crippen molar-refractivity contribution >= 4 is 0 Å². The van der Waals surface area contributed by atoms with Crippen molar-refractivity contribution in [1.82, 2.24) is 5.32 Å². The highest BCUT2D eigenvalue weighted by atomic mass is 19.1. The molecular formula is C14H19F2N. The first-order valence-corrected chi connectivity index (χ1v) is 6.23. The Hall–Kier alpha value is -0.960. The summed E-state index contributed by atoms with van der Waals surface area (Å²) in [6.07, 6.45) is 2.33. The highest BCUT2D eigenvalue weighted by molar-refractivity contribution is 5.18. The molecule has 1 aromatic rings. The van der Waals surface area contributed by atoms with Gasteiger partial charge < -0.3 is 5.32 Å². The van der Waals surface area contributed by atoms with Crippen molar-refractivity contribution in [2.24, 2.45) is 11.8 Å². The Morgan fingerprint density at radius 1 is 1.29 bits per heavy atom. The lowest BCUT2D eigenvalue weighted by Gasteiger charge is -2.38. The fraction of sp³-hybridized carbons (Fsp3) is 0.571. The van der Waals surface area contributed by atoms with Crippen LogP contribution >= 0.6 is 0 Å². The minimum Gasteiger partial charge on any atom is -0.310 e. The van der Waals surface area contributed by atoms with Crippen molar-refractivity contribution in [2.75, 3.05) is 0 Å². The molecule has 1 nitrogen and oxygen atoms in total. The fourth-order valence-corrected chi connectivity index (χ4v) is 2.29. The molecule has 0 aromatic heterocycles. The van der Waals surface area contributed by atoms with Crippen LogP contribution in [0.5, 0.6) is 0 Å². The van der Waals surface area contributed by atoms with Crippen molar-refractivity contribution in [1.29, 1.82) is 0 Å². The largest absolute Gasteiger partial charge is 0.310 e. The maximum absolute atomic E-state index is 13.3. The molecule has 0 amide bonds. The Balaban J connectivity index is 1.80. The Bertz CT molecular complexity index is 384. The van der Waals surface area contributed by atoms with E-state index >= 15 is 0 Å². The average Bonchev–Trinajstić information content (AvgIpc) is 2.17. The van der Waals surface area contributed by atoms with E-state index in [2.05, 4.69) is 19.2 Å². The van der Waals surface area contributed by atoms with Crippen molar-refractivity contribution in [3.05, 3.63) is 35.4 Å². The van der Waals surface area contributed by atoms with Crippen LogP contribution in [-0.2, 0) is 6.54 Å². The van der Waals surface area contributed by atoms with Gasteiger partial charge in [-0.3, -0.25) is 0 Å².